The third-order valence-corrected chi connectivity index (χ3v) is 1.82. The van der Waals surface area contributed by atoms with Crippen LogP contribution in [-0.2, 0) is 0 Å². The average Bonchev–Trinajstić information content (AvgIpc) is 2.13. The quantitative estimate of drug-likeness (QED) is 0.549. The molecule has 0 atom stereocenters. The minimum absolute atomic E-state index is 0.207. The molecule has 0 aliphatic heterocycles. The van der Waals surface area contributed by atoms with Gasteiger partial charge in [0.1, 0.15) is 10.8 Å². The van der Waals surface area contributed by atoms with Crippen molar-refractivity contribution >= 4 is 17.9 Å². The Balaban J connectivity index is 3.47. The minimum Gasteiger partial charge on any atom is -0.493 e. The molecule has 0 unspecified atom stereocenters. The van der Waals surface area contributed by atoms with Crippen molar-refractivity contribution in [3.8, 4) is 5.75 Å². The van der Waals surface area contributed by atoms with Crippen LogP contribution < -0.4 is 4.74 Å². The highest BCUT2D eigenvalue weighted by Crippen LogP contribution is 2.30. The molecule has 5 heteroatoms. The molecule has 0 spiro atoms. The molecule has 2 nitrogen and oxygen atoms in total. The SMILES string of the molecule is COc1c(C=O)cc(F)c(Cl)c1F. The number of carbonyl (C=O) groups is 1. The van der Waals surface area contributed by atoms with Crippen LogP contribution in [0, 0.1) is 11.6 Å². The van der Waals surface area contributed by atoms with Crippen LogP contribution in [0.5, 0.6) is 5.75 Å². The Labute approximate surface area is 78.1 Å². The second-order valence-electron chi connectivity index (χ2n) is 2.23. The van der Waals surface area contributed by atoms with Crippen LogP contribution in [-0.4, -0.2) is 13.4 Å². The van der Waals surface area contributed by atoms with Gasteiger partial charge in [0.2, 0.25) is 0 Å². The van der Waals surface area contributed by atoms with Gasteiger partial charge in [0.25, 0.3) is 0 Å². The van der Waals surface area contributed by atoms with Crippen LogP contribution in [0.3, 0.4) is 0 Å². The zero-order valence-electron chi connectivity index (χ0n) is 6.61. The van der Waals surface area contributed by atoms with E-state index in [2.05, 4.69) is 4.74 Å². The van der Waals surface area contributed by atoms with Gasteiger partial charge in [-0.05, 0) is 6.07 Å². The van der Waals surface area contributed by atoms with Gasteiger partial charge in [-0.15, -0.1) is 0 Å². The van der Waals surface area contributed by atoms with Gasteiger partial charge < -0.3 is 4.74 Å². The predicted octanol–water partition coefficient (Wildman–Crippen LogP) is 2.44. The second kappa shape index (κ2) is 3.70. The molecule has 0 bridgehead atoms. The number of hydrogen-bond donors (Lipinski definition) is 0. The topological polar surface area (TPSA) is 26.3 Å². The Kier molecular flexibility index (Phi) is 2.83. The van der Waals surface area contributed by atoms with E-state index in [1.54, 1.807) is 0 Å². The lowest BCUT2D eigenvalue weighted by Gasteiger charge is -2.06. The molecule has 0 heterocycles. The lowest BCUT2D eigenvalue weighted by Crippen LogP contribution is -1.97. The van der Waals surface area contributed by atoms with Crippen LogP contribution in [0.2, 0.25) is 5.02 Å². The Morgan fingerprint density at radius 2 is 2.15 bits per heavy atom. The molecule has 0 aliphatic carbocycles. The van der Waals surface area contributed by atoms with Gasteiger partial charge in [0.05, 0.1) is 12.7 Å². The molecule has 70 valence electrons. The zero-order chi connectivity index (χ0) is 10.0. The standard InChI is InChI=1S/C8H5ClF2O2/c1-13-8-4(3-12)2-5(10)6(9)7(8)11/h2-3H,1H3. The lowest BCUT2D eigenvalue weighted by molar-refractivity contribution is 0.111. The first-order chi connectivity index (χ1) is 6.11. The van der Waals surface area contributed by atoms with Gasteiger partial charge in [-0.3, -0.25) is 4.79 Å². The fraction of sp³-hybridized carbons (Fsp3) is 0.125. The summed E-state index contributed by atoms with van der Waals surface area (Å²) in [6.07, 6.45) is 0.293. The van der Waals surface area contributed by atoms with Crippen LogP contribution >= 0.6 is 11.6 Å². The maximum atomic E-state index is 13.1. The van der Waals surface area contributed by atoms with Crippen molar-refractivity contribution in [1.82, 2.24) is 0 Å². The van der Waals surface area contributed by atoms with E-state index in [0.29, 0.717) is 6.29 Å². The van der Waals surface area contributed by atoms with Crippen molar-refractivity contribution in [2.75, 3.05) is 7.11 Å². The average molecular weight is 207 g/mol. The van der Waals surface area contributed by atoms with E-state index in [0.717, 1.165) is 6.07 Å². The molecule has 0 saturated carbocycles. The number of ether oxygens (including phenoxy) is 1. The summed E-state index contributed by atoms with van der Waals surface area (Å²) < 4.78 is 30.4. The van der Waals surface area contributed by atoms with Gasteiger partial charge in [-0.2, -0.15) is 0 Å². The normalized spacial score (nSPS) is 9.85. The summed E-state index contributed by atoms with van der Waals surface area (Å²) in [5.74, 6) is -2.39. The largest absolute Gasteiger partial charge is 0.493 e. The van der Waals surface area contributed by atoms with Gasteiger partial charge in [0.15, 0.2) is 17.9 Å². The van der Waals surface area contributed by atoms with E-state index in [4.69, 9.17) is 11.6 Å². The highest BCUT2D eigenvalue weighted by Gasteiger charge is 2.17. The fourth-order valence-electron chi connectivity index (χ4n) is 0.892. The molecule has 1 aromatic carbocycles. The molecule has 1 rings (SSSR count). The molecule has 0 amide bonds. The first-order valence-electron chi connectivity index (χ1n) is 3.28. The minimum atomic E-state index is -1.06. The number of hydrogen-bond acceptors (Lipinski definition) is 2. The number of carbonyl (C=O) groups excluding carboxylic acids is 1. The van der Waals surface area contributed by atoms with E-state index >= 15 is 0 Å². The van der Waals surface area contributed by atoms with Crippen LogP contribution in [0.25, 0.3) is 0 Å². The molecule has 0 saturated heterocycles. The maximum absolute atomic E-state index is 13.1. The second-order valence-corrected chi connectivity index (χ2v) is 2.60. The van der Waals surface area contributed by atoms with Crippen molar-refractivity contribution in [1.29, 1.82) is 0 Å². The molecule has 0 aliphatic rings. The van der Waals surface area contributed by atoms with Crippen molar-refractivity contribution < 1.29 is 18.3 Å². The Morgan fingerprint density at radius 3 is 2.62 bits per heavy atom. The molecular weight excluding hydrogens is 202 g/mol. The van der Waals surface area contributed by atoms with Gasteiger partial charge in [-0.25, -0.2) is 8.78 Å². The third kappa shape index (κ3) is 1.62. The summed E-state index contributed by atoms with van der Waals surface area (Å²) >= 11 is 5.24. The van der Waals surface area contributed by atoms with Crippen molar-refractivity contribution in [3.63, 3.8) is 0 Å². The number of aldehydes is 1. The molecule has 1 aromatic rings. The van der Waals surface area contributed by atoms with E-state index in [1.807, 2.05) is 0 Å². The Hall–Kier alpha value is -1.16. The molecule has 0 fully saturated rings. The fourth-order valence-corrected chi connectivity index (χ4v) is 1.03. The van der Waals surface area contributed by atoms with E-state index in [1.165, 1.54) is 7.11 Å². The Bertz CT molecular complexity index is 352. The molecule has 0 aromatic heterocycles. The van der Waals surface area contributed by atoms with Crippen molar-refractivity contribution in [3.05, 3.63) is 28.3 Å². The summed E-state index contributed by atoms with van der Waals surface area (Å²) in [5.41, 5.74) is -0.207. The van der Waals surface area contributed by atoms with Gasteiger partial charge in [0, 0.05) is 0 Å². The summed E-state index contributed by atoms with van der Waals surface area (Å²) in [4.78, 5) is 10.3. The summed E-state index contributed by atoms with van der Waals surface area (Å²) in [6.45, 7) is 0. The number of methoxy groups -OCH3 is 1. The summed E-state index contributed by atoms with van der Waals surface area (Å²) in [7, 11) is 1.17. The molecule has 0 N–H and O–H groups in total. The van der Waals surface area contributed by atoms with Crippen molar-refractivity contribution in [2.45, 2.75) is 0 Å². The van der Waals surface area contributed by atoms with Gasteiger partial charge in [-0.1, -0.05) is 11.6 Å². The maximum Gasteiger partial charge on any atom is 0.187 e. The monoisotopic (exact) mass is 206 g/mol. The first-order valence-corrected chi connectivity index (χ1v) is 3.66. The van der Waals surface area contributed by atoms with E-state index in [-0.39, 0.29) is 11.3 Å². The number of halogens is 3. The summed E-state index contributed by atoms with van der Waals surface area (Å²) in [6, 6.07) is 0.817. The van der Waals surface area contributed by atoms with Gasteiger partial charge >= 0.3 is 0 Å². The van der Waals surface area contributed by atoms with Crippen LogP contribution in [0.1, 0.15) is 10.4 Å². The lowest BCUT2D eigenvalue weighted by atomic mass is 10.2. The van der Waals surface area contributed by atoms with E-state index < -0.39 is 16.7 Å². The highest BCUT2D eigenvalue weighted by molar-refractivity contribution is 6.31. The number of benzene rings is 1. The molecule has 13 heavy (non-hydrogen) atoms. The zero-order valence-corrected chi connectivity index (χ0v) is 7.36. The molecule has 0 radical (unpaired) electrons. The predicted molar refractivity (Wildman–Crippen MR) is 43.3 cm³/mol. The van der Waals surface area contributed by atoms with Crippen LogP contribution in [0.15, 0.2) is 6.07 Å². The third-order valence-electron chi connectivity index (χ3n) is 1.48. The van der Waals surface area contributed by atoms with E-state index in [9.17, 15) is 13.6 Å². The smallest absolute Gasteiger partial charge is 0.187 e. The first kappa shape index (κ1) is 9.92. The number of rotatable bonds is 2. The Morgan fingerprint density at radius 1 is 1.54 bits per heavy atom. The molecular formula is C8H5ClF2O2. The highest BCUT2D eigenvalue weighted by atomic mass is 35.5. The van der Waals surface area contributed by atoms with Crippen LogP contribution in [0.4, 0.5) is 8.78 Å². The van der Waals surface area contributed by atoms with Crippen molar-refractivity contribution in [2.24, 2.45) is 0 Å². The summed E-state index contributed by atoms with van der Waals surface area (Å²) in [5, 5.41) is -0.678.